The summed E-state index contributed by atoms with van der Waals surface area (Å²) < 4.78 is 4.99. The summed E-state index contributed by atoms with van der Waals surface area (Å²) in [5.74, 6) is 0. The van der Waals surface area contributed by atoms with Gasteiger partial charge in [0.15, 0.2) is 0 Å². The molecule has 0 aliphatic carbocycles. The predicted molar refractivity (Wildman–Crippen MR) is 74.2 cm³/mol. The van der Waals surface area contributed by atoms with E-state index in [-0.39, 0.29) is 10.6 Å². The second-order valence-electron chi connectivity index (χ2n) is 4.36. The van der Waals surface area contributed by atoms with Crippen LogP contribution >= 0.6 is 0 Å². The van der Waals surface area contributed by atoms with Gasteiger partial charge in [-0.2, -0.15) is 0 Å². The molecule has 0 saturated carbocycles. The molecule has 106 valence electrons. The van der Waals surface area contributed by atoms with Gasteiger partial charge in [0, 0.05) is 44.9 Å². The number of methoxy groups -OCH3 is 1. The average molecular weight is 267 g/mol. The van der Waals surface area contributed by atoms with Crippen LogP contribution in [0, 0.1) is 10.1 Å². The highest BCUT2D eigenvalue weighted by Gasteiger charge is 2.11. The largest absolute Gasteiger partial charge is 0.383 e. The Morgan fingerprint density at radius 2 is 2.11 bits per heavy atom. The van der Waals surface area contributed by atoms with Crippen LogP contribution in [0.3, 0.4) is 0 Å². The number of ether oxygens (including phenoxy) is 1. The summed E-state index contributed by atoms with van der Waals surface area (Å²) in [5, 5.41) is 14.1. The van der Waals surface area contributed by atoms with Crippen LogP contribution in [0.15, 0.2) is 24.3 Å². The maximum atomic E-state index is 10.8. The lowest BCUT2D eigenvalue weighted by Crippen LogP contribution is -2.31. The Hall–Kier alpha value is -1.50. The zero-order valence-corrected chi connectivity index (χ0v) is 11.5. The number of para-hydroxylation sites is 1. The van der Waals surface area contributed by atoms with Crippen LogP contribution in [-0.4, -0.2) is 50.2 Å². The molecule has 1 aromatic rings. The highest BCUT2D eigenvalue weighted by Crippen LogP contribution is 2.16. The SMILES string of the molecule is COCCN(C)CCNCc1ccccc1[N+](=O)[O-]. The third kappa shape index (κ3) is 5.78. The second-order valence-corrected chi connectivity index (χ2v) is 4.36. The molecule has 0 radical (unpaired) electrons. The van der Waals surface area contributed by atoms with E-state index in [0.29, 0.717) is 18.7 Å². The fourth-order valence-corrected chi connectivity index (χ4v) is 1.69. The van der Waals surface area contributed by atoms with E-state index in [1.807, 2.05) is 13.1 Å². The molecular formula is C13H21N3O3. The first kappa shape index (κ1) is 15.6. The molecule has 0 saturated heterocycles. The fraction of sp³-hybridized carbons (Fsp3) is 0.538. The quantitative estimate of drug-likeness (QED) is 0.414. The lowest BCUT2D eigenvalue weighted by molar-refractivity contribution is -0.385. The van der Waals surface area contributed by atoms with Gasteiger partial charge in [0.25, 0.3) is 5.69 Å². The zero-order chi connectivity index (χ0) is 14.1. The number of benzene rings is 1. The maximum absolute atomic E-state index is 10.8. The first-order valence-electron chi connectivity index (χ1n) is 6.25. The van der Waals surface area contributed by atoms with Crippen molar-refractivity contribution in [2.24, 2.45) is 0 Å². The van der Waals surface area contributed by atoms with E-state index < -0.39 is 0 Å². The van der Waals surface area contributed by atoms with Crippen LogP contribution in [-0.2, 0) is 11.3 Å². The minimum atomic E-state index is -0.346. The molecule has 0 fully saturated rings. The summed E-state index contributed by atoms with van der Waals surface area (Å²) in [6, 6.07) is 6.80. The number of likely N-dealkylation sites (N-methyl/N-ethyl adjacent to an activating group) is 1. The van der Waals surface area contributed by atoms with Crippen molar-refractivity contribution in [2.45, 2.75) is 6.54 Å². The van der Waals surface area contributed by atoms with Crippen molar-refractivity contribution in [1.29, 1.82) is 0 Å². The van der Waals surface area contributed by atoms with Gasteiger partial charge >= 0.3 is 0 Å². The van der Waals surface area contributed by atoms with Crippen molar-refractivity contribution < 1.29 is 9.66 Å². The molecule has 0 amide bonds. The molecule has 19 heavy (non-hydrogen) atoms. The molecule has 0 spiro atoms. The summed E-state index contributed by atoms with van der Waals surface area (Å²) in [4.78, 5) is 12.6. The van der Waals surface area contributed by atoms with Gasteiger partial charge in [0.05, 0.1) is 11.5 Å². The Labute approximate surface area is 113 Å². The summed E-state index contributed by atoms with van der Waals surface area (Å²) >= 11 is 0. The Morgan fingerprint density at radius 1 is 1.37 bits per heavy atom. The molecular weight excluding hydrogens is 246 g/mol. The van der Waals surface area contributed by atoms with Crippen molar-refractivity contribution in [1.82, 2.24) is 10.2 Å². The molecule has 6 nitrogen and oxygen atoms in total. The van der Waals surface area contributed by atoms with Gasteiger partial charge in [-0.15, -0.1) is 0 Å². The molecule has 0 bridgehead atoms. The van der Waals surface area contributed by atoms with Crippen molar-refractivity contribution in [2.75, 3.05) is 40.4 Å². The second kappa shape index (κ2) is 8.58. The number of hydrogen-bond acceptors (Lipinski definition) is 5. The topological polar surface area (TPSA) is 67.6 Å². The molecule has 0 aromatic heterocycles. The fourth-order valence-electron chi connectivity index (χ4n) is 1.69. The standard InChI is InChI=1S/C13H21N3O3/c1-15(9-10-19-2)8-7-14-11-12-5-3-4-6-13(12)16(17)18/h3-6,14H,7-11H2,1-2H3. The summed E-state index contributed by atoms with van der Waals surface area (Å²) in [7, 11) is 3.70. The monoisotopic (exact) mass is 267 g/mol. The Bertz CT molecular complexity index is 398. The van der Waals surface area contributed by atoms with Crippen molar-refractivity contribution >= 4 is 5.69 Å². The first-order chi connectivity index (χ1) is 9.15. The van der Waals surface area contributed by atoms with Crippen molar-refractivity contribution in [3.05, 3.63) is 39.9 Å². The van der Waals surface area contributed by atoms with E-state index in [2.05, 4.69) is 10.2 Å². The zero-order valence-electron chi connectivity index (χ0n) is 11.5. The van der Waals surface area contributed by atoms with Crippen LogP contribution in [0.4, 0.5) is 5.69 Å². The molecule has 0 unspecified atom stereocenters. The molecule has 0 aliphatic heterocycles. The van der Waals surface area contributed by atoms with Crippen LogP contribution in [0.1, 0.15) is 5.56 Å². The lowest BCUT2D eigenvalue weighted by atomic mass is 10.2. The number of nitrogens with zero attached hydrogens (tertiary/aromatic N) is 2. The van der Waals surface area contributed by atoms with Gasteiger partial charge in [-0.25, -0.2) is 0 Å². The third-order valence-corrected chi connectivity index (χ3v) is 2.85. The highest BCUT2D eigenvalue weighted by atomic mass is 16.6. The van der Waals surface area contributed by atoms with E-state index in [1.165, 1.54) is 6.07 Å². The maximum Gasteiger partial charge on any atom is 0.273 e. The van der Waals surface area contributed by atoms with Gasteiger partial charge in [-0.3, -0.25) is 10.1 Å². The minimum Gasteiger partial charge on any atom is -0.383 e. The van der Waals surface area contributed by atoms with Gasteiger partial charge in [0.2, 0.25) is 0 Å². The molecule has 1 rings (SSSR count). The van der Waals surface area contributed by atoms with Crippen molar-refractivity contribution in [3.63, 3.8) is 0 Å². The number of nitro benzene ring substituents is 1. The predicted octanol–water partition coefficient (Wildman–Crippen LogP) is 1.26. The molecule has 1 N–H and O–H groups in total. The van der Waals surface area contributed by atoms with Crippen LogP contribution in [0.25, 0.3) is 0 Å². The van der Waals surface area contributed by atoms with E-state index in [1.54, 1.807) is 19.2 Å². The van der Waals surface area contributed by atoms with E-state index in [0.717, 1.165) is 19.6 Å². The van der Waals surface area contributed by atoms with Gasteiger partial charge < -0.3 is 15.0 Å². The summed E-state index contributed by atoms with van der Waals surface area (Å²) in [5.41, 5.74) is 0.884. The third-order valence-electron chi connectivity index (χ3n) is 2.85. The molecule has 1 aromatic carbocycles. The van der Waals surface area contributed by atoms with E-state index in [9.17, 15) is 10.1 Å². The number of hydrogen-bond donors (Lipinski definition) is 1. The molecule has 0 heterocycles. The molecule has 6 heteroatoms. The summed E-state index contributed by atoms with van der Waals surface area (Å²) in [6.45, 7) is 3.76. The highest BCUT2D eigenvalue weighted by molar-refractivity contribution is 5.39. The lowest BCUT2D eigenvalue weighted by Gasteiger charge is -2.16. The van der Waals surface area contributed by atoms with Gasteiger partial charge in [-0.05, 0) is 7.05 Å². The normalized spacial score (nSPS) is 10.9. The van der Waals surface area contributed by atoms with E-state index in [4.69, 9.17) is 4.74 Å². The molecule has 0 aliphatic rings. The smallest absolute Gasteiger partial charge is 0.273 e. The number of rotatable bonds is 9. The van der Waals surface area contributed by atoms with E-state index >= 15 is 0 Å². The Balaban J connectivity index is 2.31. The number of nitrogens with one attached hydrogen (secondary N) is 1. The number of nitro groups is 1. The molecule has 0 atom stereocenters. The first-order valence-corrected chi connectivity index (χ1v) is 6.25. The van der Waals surface area contributed by atoms with Crippen LogP contribution in [0.5, 0.6) is 0 Å². The van der Waals surface area contributed by atoms with Crippen molar-refractivity contribution in [3.8, 4) is 0 Å². The minimum absolute atomic E-state index is 0.169. The van der Waals surface area contributed by atoms with Crippen LogP contribution < -0.4 is 5.32 Å². The average Bonchev–Trinajstić information content (AvgIpc) is 2.41. The Kier molecular flexibility index (Phi) is 7.02. The summed E-state index contributed by atoms with van der Waals surface area (Å²) in [6.07, 6.45) is 0. The van der Waals surface area contributed by atoms with Gasteiger partial charge in [0.1, 0.15) is 0 Å². The Morgan fingerprint density at radius 3 is 2.79 bits per heavy atom. The van der Waals surface area contributed by atoms with Gasteiger partial charge in [-0.1, -0.05) is 18.2 Å². The van der Waals surface area contributed by atoms with Crippen LogP contribution in [0.2, 0.25) is 0 Å².